The van der Waals surface area contributed by atoms with E-state index in [-0.39, 0.29) is 23.5 Å². The summed E-state index contributed by atoms with van der Waals surface area (Å²) in [6, 6.07) is 1.27. The molecule has 0 aliphatic carbocycles. The summed E-state index contributed by atoms with van der Waals surface area (Å²) in [5.41, 5.74) is -1.92. The number of aromatic amines is 1. The zero-order chi connectivity index (χ0) is 18.2. The first-order valence-electron chi connectivity index (χ1n) is 8.03. The maximum absolute atomic E-state index is 12.6. The fourth-order valence-corrected chi connectivity index (χ4v) is 4.64. The number of aromatic nitrogens is 2. The molecule has 0 radical (unpaired) electrons. The van der Waals surface area contributed by atoms with Gasteiger partial charge in [0.15, 0.2) is 11.0 Å². The second kappa shape index (κ2) is 7.03. The quantitative estimate of drug-likeness (QED) is 0.444. The molecule has 2 N–H and O–H groups in total. The molecule has 11 heteroatoms. The molecule has 2 aliphatic heterocycles. The van der Waals surface area contributed by atoms with Crippen molar-refractivity contribution < 1.29 is 28.0 Å². The number of rotatable bonds is 5. The van der Waals surface area contributed by atoms with E-state index in [2.05, 4.69) is 4.98 Å². The largest absolute Gasteiger partial charge is 0.475 e. The Morgan fingerprint density at radius 3 is 3.04 bits per heavy atom. The van der Waals surface area contributed by atoms with E-state index in [0.29, 0.717) is 6.42 Å². The lowest BCUT2D eigenvalue weighted by molar-refractivity contribution is -0.0934. The van der Waals surface area contributed by atoms with E-state index in [1.807, 2.05) is 6.92 Å². The Morgan fingerprint density at radius 2 is 2.36 bits per heavy atom. The molecule has 0 spiro atoms. The lowest BCUT2D eigenvalue weighted by Crippen LogP contribution is -2.47. The molecule has 2 saturated heterocycles. The average molecular weight is 392 g/mol. The molecule has 5 atom stereocenters. The van der Waals surface area contributed by atoms with Crippen molar-refractivity contribution in [2.24, 2.45) is 0 Å². The van der Waals surface area contributed by atoms with Crippen molar-refractivity contribution in [2.75, 3.05) is 13.2 Å². The number of phosphoric ester groups is 1. The molecule has 2 fully saturated rings. The van der Waals surface area contributed by atoms with Crippen LogP contribution in [-0.4, -0.2) is 45.7 Å². The van der Waals surface area contributed by atoms with Crippen molar-refractivity contribution in [3.8, 4) is 0 Å². The number of hydrogen-bond acceptors (Lipinski definition) is 8. The summed E-state index contributed by atoms with van der Waals surface area (Å²) in [7, 11) is -3.76. The number of aliphatic hydroxyl groups is 1. The van der Waals surface area contributed by atoms with Gasteiger partial charge in [-0.3, -0.25) is 27.9 Å². The lowest BCUT2D eigenvalue weighted by atomic mass is 9.96. The van der Waals surface area contributed by atoms with Crippen LogP contribution in [0.15, 0.2) is 17.1 Å². The predicted molar refractivity (Wildman–Crippen MR) is 89.7 cm³/mol. The fraction of sp³-hybridized carbons (Fsp3) is 0.714. The van der Waals surface area contributed by atoms with Crippen LogP contribution in [-0.2, 0) is 22.9 Å². The van der Waals surface area contributed by atoms with Crippen molar-refractivity contribution in [1.82, 2.24) is 9.55 Å². The number of nitrogens with zero attached hydrogens (tertiary/aromatic N) is 1. The molecule has 140 valence electrons. The topological polar surface area (TPSA) is 112 Å². The van der Waals surface area contributed by atoms with Crippen LogP contribution >= 0.6 is 20.0 Å². The van der Waals surface area contributed by atoms with Crippen molar-refractivity contribution in [3.05, 3.63) is 27.4 Å². The highest BCUT2D eigenvalue weighted by molar-refractivity contribution is 7.71. The first-order valence-corrected chi connectivity index (χ1v) is 9.90. The summed E-state index contributed by atoms with van der Waals surface area (Å²) in [5.74, 6) is 0. The van der Waals surface area contributed by atoms with Gasteiger partial charge in [-0.25, -0.2) is 4.57 Å². The molecule has 25 heavy (non-hydrogen) atoms. The smallest absolute Gasteiger partial charge is 0.383 e. The maximum atomic E-state index is 12.6. The fourth-order valence-electron chi connectivity index (χ4n) is 2.87. The Hall–Kier alpha value is -0.870. The van der Waals surface area contributed by atoms with E-state index in [1.165, 1.54) is 23.8 Å². The summed E-state index contributed by atoms with van der Waals surface area (Å²) in [6.45, 7) is 3.67. The molecule has 0 aromatic carbocycles. The van der Waals surface area contributed by atoms with Crippen molar-refractivity contribution >= 4 is 20.0 Å². The highest BCUT2D eigenvalue weighted by atomic mass is 32.1. The van der Waals surface area contributed by atoms with Gasteiger partial charge in [-0.15, -0.1) is 0 Å². The third-order valence-electron chi connectivity index (χ3n) is 4.21. The summed E-state index contributed by atoms with van der Waals surface area (Å²) in [5, 5.41) is 11.0. The van der Waals surface area contributed by atoms with Crippen molar-refractivity contribution in [2.45, 2.75) is 50.7 Å². The monoisotopic (exact) mass is 392 g/mol. The first kappa shape index (κ1) is 18.9. The van der Waals surface area contributed by atoms with Gasteiger partial charge in [0.1, 0.15) is 17.8 Å². The Kier molecular flexibility index (Phi) is 5.32. The Labute approximate surface area is 149 Å². The molecule has 0 saturated carbocycles. The minimum atomic E-state index is -3.76. The van der Waals surface area contributed by atoms with Crippen LogP contribution in [0.25, 0.3) is 0 Å². The number of ether oxygens (including phenoxy) is 1. The Balaban J connectivity index is 1.83. The predicted octanol–water partition coefficient (Wildman–Crippen LogP) is 1.89. The zero-order valence-electron chi connectivity index (χ0n) is 13.9. The average Bonchev–Trinajstić information content (AvgIpc) is 2.79. The van der Waals surface area contributed by atoms with E-state index in [1.54, 1.807) is 0 Å². The number of fused-ring (bicyclic) bond motifs is 1. The van der Waals surface area contributed by atoms with E-state index < -0.39 is 31.9 Å². The number of unbranched alkanes of at least 4 members (excludes halogenated alkanes) is 1. The van der Waals surface area contributed by atoms with Gasteiger partial charge in [0.25, 0.3) is 5.56 Å². The lowest BCUT2D eigenvalue weighted by Gasteiger charge is -2.35. The molecule has 1 aromatic heterocycles. The molecule has 3 rings (SSSR count). The van der Waals surface area contributed by atoms with Crippen LogP contribution in [0, 0.1) is 4.77 Å². The highest BCUT2D eigenvalue weighted by Crippen LogP contribution is 2.58. The second-order valence-corrected chi connectivity index (χ2v) is 8.23. The van der Waals surface area contributed by atoms with Crippen molar-refractivity contribution in [3.63, 3.8) is 0 Å². The van der Waals surface area contributed by atoms with E-state index in [4.69, 9.17) is 30.5 Å². The number of hydrogen-bond donors (Lipinski definition) is 2. The van der Waals surface area contributed by atoms with Crippen LogP contribution in [0.3, 0.4) is 0 Å². The van der Waals surface area contributed by atoms with Gasteiger partial charge < -0.3 is 9.84 Å². The maximum Gasteiger partial charge on any atom is 0.475 e. The van der Waals surface area contributed by atoms with Gasteiger partial charge in [0.2, 0.25) is 0 Å². The van der Waals surface area contributed by atoms with E-state index in [0.717, 1.165) is 6.42 Å². The van der Waals surface area contributed by atoms with Gasteiger partial charge in [-0.05, 0) is 25.6 Å². The molecular formula is C14H21N2O7PS. The molecule has 1 aromatic rings. The minimum Gasteiger partial charge on any atom is -0.383 e. The summed E-state index contributed by atoms with van der Waals surface area (Å²) >= 11 is 5.12. The summed E-state index contributed by atoms with van der Waals surface area (Å²) < 4.78 is 35.9. The minimum absolute atomic E-state index is 0.0443. The van der Waals surface area contributed by atoms with Crippen LogP contribution in [0.4, 0.5) is 0 Å². The first-order chi connectivity index (χ1) is 11.8. The van der Waals surface area contributed by atoms with Crippen LogP contribution in [0.5, 0.6) is 0 Å². The van der Waals surface area contributed by atoms with Gasteiger partial charge in [0.05, 0.1) is 13.2 Å². The van der Waals surface area contributed by atoms with Gasteiger partial charge in [-0.2, -0.15) is 0 Å². The number of nitrogens with one attached hydrogen (secondary N) is 1. The molecule has 9 nitrogen and oxygen atoms in total. The summed E-state index contributed by atoms with van der Waals surface area (Å²) in [6.07, 6.45) is 0.512. The van der Waals surface area contributed by atoms with Crippen molar-refractivity contribution in [1.29, 1.82) is 0 Å². The van der Waals surface area contributed by atoms with Crippen LogP contribution in [0.1, 0.15) is 32.9 Å². The highest BCUT2D eigenvalue weighted by Gasteiger charge is 2.60. The van der Waals surface area contributed by atoms with Gasteiger partial charge in [0, 0.05) is 12.3 Å². The molecule has 0 bridgehead atoms. The number of phosphoric acid groups is 1. The molecular weight excluding hydrogens is 371 g/mol. The number of H-pyrrole nitrogens is 1. The van der Waals surface area contributed by atoms with E-state index in [9.17, 15) is 14.5 Å². The second-order valence-electron chi connectivity index (χ2n) is 6.23. The van der Waals surface area contributed by atoms with Crippen LogP contribution < -0.4 is 5.56 Å². The Bertz CT molecular complexity index is 792. The molecule has 2 aliphatic rings. The summed E-state index contributed by atoms with van der Waals surface area (Å²) in [4.78, 5) is 13.8. The molecule has 2 unspecified atom stereocenters. The standard InChI is InChI=1S/C14H21N2O7PS/c1-3-4-7-20-24(19)21-8-9-11(23-24)14(2,18)12(22-9)16-6-5-10(17)15-13(16)25/h5-6,9,11-12,18H,3-4,7-8H2,1-2H3,(H,15,17,25)/t9-,11+,12-,14?,24?/m1/s1. The van der Waals surface area contributed by atoms with Gasteiger partial charge in [-0.1, -0.05) is 13.3 Å². The normalized spacial score (nSPS) is 37.8. The Morgan fingerprint density at radius 1 is 1.60 bits per heavy atom. The zero-order valence-corrected chi connectivity index (χ0v) is 15.6. The van der Waals surface area contributed by atoms with Crippen LogP contribution in [0.2, 0.25) is 0 Å². The molecule has 0 amide bonds. The van der Waals surface area contributed by atoms with Gasteiger partial charge >= 0.3 is 7.82 Å². The molecule has 3 heterocycles. The van der Waals surface area contributed by atoms with E-state index >= 15 is 0 Å². The SMILES string of the molecule is CCCCOP1(=O)OC[C@H]2O[C@@H](n3ccc(=O)[nH]c3=S)C(C)(O)[C@H]2O1. The third-order valence-corrected chi connectivity index (χ3v) is 5.97. The third kappa shape index (κ3) is 3.66.